The van der Waals surface area contributed by atoms with E-state index < -0.39 is 12.0 Å². The number of hydrogen-bond donors (Lipinski definition) is 1. The van der Waals surface area contributed by atoms with E-state index in [1.54, 1.807) is 41.7 Å². The fourth-order valence-electron chi connectivity index (χ4n) is 5.90. The van der Waals surface area contributed by atoms with E-state index in [0.29, 0.717) is 40.5 Å². The zero-order valence-corrected chi connectivity index (χ0v) is 22.2. The van der Waals surface area contributed by atoms with Crippen molar-refractivity contribution >= 4 is 40.5 Å². The largest absolute Gasteiger partial charge is 0.480 e. The van der Waals surface area contributed by atoms with Gasteiger partial charge in [0.1, 0.15) is 11.9 Å². The van der Waals surface area contributed by atoms with Gasteiger partial charge in [0.05, 0.1) is 10.0 Å². The van der Waals surface area contributed by atoms with Crippen LogP contribution in [0.1, 0.15) is 47.4 Å². The Bertz CT molecular complexity index is 1180. The van der Waals surface area contributed by atoms with Crippen LogP contribution in [0.25, 0.3) is 0 Å². The first kappa shape index (κ1) is 25.7. The molecule has 0 aliphatic carbocycles. The monoisotopic (exact) mass is 546 g/mol. The third kappa shape index (κ3) is 5.48. The molecule has 3 heterocycles. The predicted molar refractivity (Wildman–Crippen MR) is 144 cm³/mol. The Hall–Kier alpha value is -1.96. The normalized spacial score (nSPS) is 22.6. The first-order chi connectivity index (χ1) is 17.4. The van der Waals surface area contributed by atoms with Crippen molar-refractivity contribution in [3.05, 3.63) is 91.8 Å². The predicted octanol–water partition coefficient (Wildman–Crippen LogP) is 6.91. The summed E-state index contributed by atoms with van der Waals surface area (Å²) in [5.74, 6) is -0.0900. The van der Waals surface area contributed by atoms with Crippen LogP contribution in [0.2, 0.25) is 10.0 Å². The fraction of sp³-hybridized carbons (Fsp3) is 0.393. The van der Waals surface area contributed by atoms with Crippen LogP contribution in [0.3, 0.4) is 0 Å². The second-order valence-corrected chi connectivity index (χ2v) is 11.5. The zero-order chi connectivity index (χ0) is 25.2. The molecule has 8 heteroatoms. The molecule has 1 N–H and O–H groups in total. The molecule has 3 atom stereocenters. The summed E-state index contributed by atoms with van der Waals surface area (Å²) in [4.78, 5) is 17.0. The Kier molecular flexibility index (Phi) is 7.99. The van der Waals surface area contributed by atoms with Crippen LogP contribution in [-0.2, 0) is 4.79 Å². The van der Waals surface area contributed by atoms with E-state index in [2.05, 4.69) is 26.6 Å². The second-order valence-electron chi connectivity index (χ2n) is 9.89. The summed E-state index contributed by atoms with van der Waals surface area (Å²) in [5, 5.41) is 15.2. The van der Waals surface area contributed by atoms with Gasteiger partial charge in [0.15, 0.2) is 0 Å². The molecule has 3 aromatic rings. The number of carboxylic acids is 1. The van der Waals surface area contributed by atoms with E-state index in [1.165, 1.54) is 11.1 Å². The number of carbonyl (C=O) groups is 1. The Morgan fingerprint density at radius 2 is 1.81 bits per heavy atom. The topological polar surface area (TPSA) is 43.8 Å². The summed E-state index contributed by atoms with van der Waals surface area (Å²) < 4.78 is 13.3. The lowest BCUT2D eigenvalue weighted by atomic mass is 9.87. The molecule has 1 unspecified atom stereocenters. The van der Waals surface area contributed by atoms with Crippen LogP contribution in [0.15, 0.2) is 59.3 Å². The Labute approximate surface area is 225 Å². The first-order valence-corrected chi connectivity index (χ1v) is 14.0. The maximum Gasteiger partial charge on any atom is 0.325 e. The number of aliphatic carboxylic acids is 1. The highest BCUT2D eigenvalue weighted by Gasteiger charge is 2.41. The van der Waals surface area contributed by atoms with E-state index in [-0.39, 0.29) is 11.7 Å². The van der Waals surface area contributed by atoms with Gasteiger partial charge in [-0.15, -0.1) is 0 Å². The minimum Gasteiger partial charge on any atom is -0.480 e. The lowest BCUT2D eigenvalue weighted by Gasteiger charge is -2.35. The maximum atomic E-state index is 13.3. The minimum atomic E-state index is -0.913. The molecule has 0 saturated carbocycles. The van der Waals surface area contributed by atoms with Crippen molar-refractivity contribution in [1.29, 1.82) is 0 Å². The summed E-state index contributed by atoms with van der Waals surface area (Å²) in [5.41, 5.74) is 3.03. The van der Waals surface area contributed by atoms with Gasteiger partial charge in [0, 0.05) is 31.1 Å². The molecule has 0 amide bonds. The van der Waals surface area contributed by atoms with Crippen molar-refractivity contribution in [2.24, 2.45) is 5.92 Å². The smallest absolute Gasteiger partial charge is 0.325 e. The molecule has 2 saturated heterocycles. The molecule has 190 valence electrons. The summed E-state index contributed by atoms with van der Waals surface area (Å²) >= 11 is 14.4. The molecule has 5 rings (SSSR count). The second kappa shape index (κ2) is 11.2. The van der Waals surface area contributed by atoms with Gasteiger partial charge in [-0.1, -0.05) is 47.5 Å². The molecule has 4 nitrogen and oxygen atoms in total. The van der Waals surface area contributed by atoms with Gasteiger partial charge in [-0.2, -0.15) is 11.3 Å². The standard InChI is InChI=1S/C28H29Cl2FN2O2S/c29-25-3-1-2-23(26(25)30)27(28(34)35)33-15-21(24(16-33)20-10-13-36-17-20)14-32-11-8-19(9-12-32)18-4-6-22(31)7-5-18/h1-7,10,13,17,19,21,24,27H,8-9,11-12,14-16H2,(H,34,35)/t21-,24+,27?/m1/s1. The molecule has 2 aliphatic rings. The number of benzene rings is 2. The van der Waals surface area contributed by atoms with Gasteiger partial charge in [-0.3, -0.25) is 9.69 Å². The SMILES string of the molecule is O=C(O)C(c1cccc(Cl)c1Cl)N1C[C@@H](CN2CCC(c3ccc(F)cc3)CC2)[C@H](c2ccsc2)C1. The van der Waals surface area contributed by atoms with E-state index >= 15 is 0 Å². The van der Waals surface area contributed by atoms with E-state index in [1.807, 2.05) is 12.1 Å². The number of hydrogen-bond acceptors (Lipinski definition) is 4. The zero-order valence-electron chi connectivity index (χ0n) is 19.8. The summed E-state index contributed by atoms with van der Waals surface area (Å²) in [6, 6.07) is 13.4. The van der Waals surface area contributed by atoms with Gasteiger partial charge in [-0.25, -0.2) is 4.39 Å². The molecule has 2 aliphatic heterocycles. The number of piperidine rings is 1. The number of carboxylic acid groups (broad SMARTS) is 1. The average Bonchev–Trinajstić information content (AvgIpc) is 3.53. The molecular formula is C28H29Cl2FN2O2S. The number of rotatable bonds is 7. The van der Waals surface area contributed by atoms with Crippen LogP contribution >= 0.6 is 34.5 Å². The highest BCUT2D eigenvalue weighted by atomic mass is 35.5. The molecule has 0 spiro atoms. The third-order valence-corrected chi connectivity index (χ3v) is 9.27. The summed E-state index contributed by atoms with van der Waals surface area (Å²) in [6.07, 6.45) is 2.09. The Morgan fingerprint density at radius 1 is 1.06 bits per heavy atom. The Balaban J connectivity index is 1.31. The molecule has 2 fully saturated rings. The lowest BCUT2D eigenvalue weighted by Crippen LogP contribution is -2.38. The van der Waals surface area contributed by atoms with Gasteiger partial charge < -0.3 is 10.0 Å². The van der Waals surface area contributed by atoms with Crippen molar-refractivity contribution in [1.82, 2.24) is 9.80 Å². The summed E-state index contributed by atoms with van der Waals surface area (Å²) in [6.45, 7) is 4.23. The van der Waals surface area contributed by atoms with Crippen LogP contribution in [0, 0.1) is 11.7 Å². The number of thiophene rings is 1. The van der Waals surface area contributed by atoms with Crippen molar-refractivity contribution in [3.63, 3.8) is 0 Å². The van der Waals surface area contributed by atoms with Crippen molar-refractivity contribution < 1.29 is 14.3 Å². The molecular weight excluding hydrogens is 518 g/mol. The maximum absolute atomic E-state index is 13.3. The number of nitrogens with zero attached hydrogens (tertiary/aromatic N) is 2. The van der Waals surface area contributed by atoms with Crippen molar-refractivity contribution in [2.75, 3.05) is 32.7 Å². The Morgan fingerprint density at radius 3 is 2.47 bits per heavy atom. The molecule has 0 bridgehead atoms. The quantitative estimate of drug-likeness (QED) is 0.349. The number of likely N-dealkylation sites (tertiary alicyclic amines) is 2. The molecule has 1 aromatic heterocycles. The summed E-state index contributed by atoms with van der Waals surface area (Å²) in [7, 11) is 0. The van der Waals surface area contributed by atoms with Crippen LogP contribution in [0.4, 0.5) is 4.39 Å². The average molecular weight is 548 g/mol. The minimum absolute atomic E-state index is 0.194. The van der Waals surface area contributed by atoms with E-state index in [0.717, 1.165) is 32.5 Å². The highest BCUT2D eigenvalue weighted by molar-refractivity contribution is 7.08. The third-order valence-electron chi connectivity index (χ3n) is 7.74. The molecule has 36 heavy (non-hydrogen) atoms. The fourth-order valence-corrected chi connectivity index (χ4v) is 7.03. The van der Waals surface area contributed by atoms with Gasteiger partial charge in [0.2, 0.25) is 0 Å². The molecule has 2 aromatic carbocycles. The van der Waals surface area contributed by atoms with Crippen LogP contribution in [-0.4, -0.2) is 53.6 Å². The first-order valence-electron chi connectivity index (χ1n) is 12.3. The van der Waals surface area contributed by atoms with Crippen molar-refractivity contribution in [3.8, 4) is 0 Å². The van der Waals surface area contributed by atoms with Crippen LogP contribution in [0.5, 0.6) is 0 Å². The lowest BCUT2D eigenvalue weighted by molar-refractivity contribution is -0.143. The van der Waals surface area contributed by atoms with Gasteiger partial charge in [-0.05, 0) is 83.9 Å². The molecule has 0 radical (unpaired) electrons. The number of halogens is 3. The van der Waals surface area contributed by atoms with E-state index in [9.17, 15) is 14.3 Å². The van der Waals surface area contributed by atoms with E-state index in [4.69, 9.17) is 23.2 Å². The van der Waals surface area contributed by atoms with Crippen molar-refractivity contribution in [2.45, 2.75) is 30.7 Å². The highest BCUT2D eigenvalue weighted by Crippen LogP contribution is 2.41. The van der Waals surface area contributed by atoms with Gasteiger partial charge >= 0.3 is 5.97 Å². The van der Waals surface area contributed by atoms with Crippen LogP contribution < -0.4 is 0 Å². The van der Waals surface area contributed by atoms with Gasteiger partial charge in [0.25, 0.3) is 0 Å².